The number of amides is 2. The number of rotatable bonds is 10. The maximum atomic E-state index is 13.5. The minimum Gasteiger partial charge on any atom is -0.453 e. The highest BCUT2D eigenvalue weighted by atomic mass is 16.5. The largest absolute Gasteiger partial charge is 0.453 e. The Balaban J connectivity index is 1.57. The number of aromatic nitrogens is 4. The molecule has 0 spiro atoms. The van der Waals surface area contributed by atoms with Crippen LogP contribution in [-0.4, -0.2) is 81.9 Å². The van der Waals surface area contributed by atoms with Crippen LogP contribution in [0.1, 0.15) is 44.3 Å². The first-order valence-corrected chi connectivity index (χ1v) is 13.5. The summed E-state index contributed by atoms with van der Waals surface area (Å²) in [5, 5.41) is 13.2. The maximum Gasteiger partial charge on any atom is 0.411 e. The monoisotopic (exact) mass is 581 g/mol. The van der Waals surface area contributed by atoms with Gasteiger partial charge in [0.25, 0.3) is 11.4 Å². The van der Waals surface area contributed by atoms with Gasteiger partial charge in [-0.1, -0.05) is 44.2 Å². The quantitative estimate of drug-likeness (QED) is 0.336. The summed E-state index contributed by atoms with van der Waals surface area (Å²) in [6.45, 7) is 9.43. The molecule has 14 heteroatoms. The Labute approximate surface area is 242 Å². The topological polar surface area (TPSA) is 171 Å². The second-order valence-corrected chi connectivity index (χ2v) is 10.6. The average molecular weight is 582 g/mol. The number of hydrogen-bond donors (Lipinski definition) is 2. The number of anilines is 1. The molecule has 224 valence electrons. The lowest BCUT2D eigenvalue weighted by Gasteiger charge is -2.38. The van der Waals surface area contributed by atoms with Gasteiger partial charge in [0.15, 0.2) is 0 Å². The predicted octanol–water partition coefficient (Wildman–Crippen LogP) is 2.06. The van der Waals surface area contributed by atoms with E-state index in [4.69, 9.17) is 9.15 Å². The molecule has 1 atom stereocenters. The summed E-state index contributed by atoms with van der Waals surface area (Å²) < 4.78 is 17.0. The van der Waals surface area contributed by atoms with Gasteiger partial charge in [-0.05, 0) is 19.8 Å². The minimum atomic E-state index is -1.02. The van der Waals surface area contributed by atoms with E-state index < -0.39 is 41.5 Å². The molecule has 3 heterocycles. The number of carbonyl (C=O) groups is 3. The van der Waals surface area contributed by atoms with Crippen LogP contribution in [0.4, 0.5) is 10.5 Å². The number of benzene rings is 1. The first-order valence-electron chi connectivity index (χ1n) is 13.5. The molecule has 3 aromatic rings. The summed E-state index contributed by atoms with van der Waals surface area (Å²) in [4.78, 5) is 58.3. The molecule has 0 saturated carbocycles. The summed E-state index contributed by atoms with van der Waals surface area (Å²) in [5.74, 6) is -1.28. The van der Waals surface area contributed by atoms with Crippen LogP contribution in [0.25, 0.3) is 11.4 Å². The van der Waals surface area contributed by atoms with E-state index in [9.17, 15) is 19.2 Å². The maximum absolute atomic E-state index is 13.5. The van der Waals surface area contributed by atoms with Gasteiger partial charge in [-0.15, -0.1) is 10.2 Å². The molecule has 2 aromatic heterocycles. The number of ketones is 1. The third-order valence-corrected chi connectivity index (χ3v) is 7.03. The van der Waals surface area contributed by atoms with Gasteiger partial charge in [0.05, 0.1) is 38.1 Å². The first kappa shape index (κ1) is 30.5. The molecular weight excluding hydrogens is 546 g/mol. The molecule has 42 heavy (non-hydrogen) atoms. The van der Waals surface area contributed by atoms with Gasteiger partial charge in [0.2, 0.25) is 17.6 Å². The predicted molar refractivity (Wildman–Crippen MR) is 151 cm³/mol. The van der Waals surface area contributed by atoms with E-state index in [1.807, 2.05) is 13.8 Å². The highest BCUT2D eigenvalue weighted by Gasteiger charge is 2.37. The van der Waals surface area contributed by atoms with Crippen LogP contribution in [0, 0.1) is 5.92 Å². The van der Waals surface area contributed by atoms with Crippen LogP contribution in [-0.2, 0) is 26.4 Å². The Bertz CT molecular complexity index is 1480. The zero-order valence-corrected chi connectivity index (χ0v) is 24.2. The van der Waals surface area contributed by atoms with Gasteiger partial charge in [-0.2, -0.15) is 0 Å². The van der Waals surface area contributed by atoms with Crippen molar-refractivity contribution >= 4 is 23.5 Å². The molecule has 1 aromatic carbocycles. The van der Waals surface area contributed by atoms with Crippen molar-refractivity contribution in [3.8, 4) is 11.4 Å². The fraction of sp³-hybridized carbons (Fsp3) is 0.464. The van der Waals surface area contributed by atoms with Crippen molar-refractivity contribution in [1.29, 1.82) is 0 Å². The number of morpholine rings is 1. The summed E-state index contributed by atoms with van der Waals surface area (Å²) in [7, 11) is 1.16. The van der Waals surface area contributed by atoms with Gasteiger partial charge in [-0.3, -0.25) is 29.2 Å². The van der Waals surface area contributed by atoms with Crippen LogP contribution in [0.5, 0.6) is 0 Å². The lowest BCUT2D eigenvalue weighted by molar-refractivity contribution is -0.122. The third-order valence-electron chi connectivity index (χ3n) is 7.03. The van der Waals surface area contributed by atoms with Gasteiger partial charge >= 0.3 is 6.09 Å². The van der Waals surface area contributed by atoms with Gasteiger partial charge in [-0.25, -0.2) is 9.78 Å². The second kappa shape index (κ2) is 13.0. The Morgan fingerprint density at radius 1 is 1.10 bits per heavy atom. The Kier molecular flexibility index (Phi) is 9.48. The number of Topliss-reactive ketones (excluding diaryl/α,β-unsaturated/α-hetero) is 1. The van der Waals surface area contributed by atoms with E-state index in [-0.39, 0.29) is 29.2 Å². The Morgan fingerprint density at radius 3 is 2.43 bits per heavy atom. The molecular formula is C28H35N7O7. The van der Waals surface area contributed by atoms with E-state index >= 15 is 0 Å². The number of carbonyl (C=O) groups excluding carboxylic acids is 3. The minimum absolute atomic E-state index is 0.174. The molecule has 2 amide bonds. The molecule has 2 N–H and O–H groups in total. The molecule has 1 unspecified atom stereocenters. The number of nitrogens with one attached hydrogen (secondary N) is 2. The zero-order chi connectivity index (χ0) is 30.4. The molecule has 1 aliphatic heterocycles. The van der Waals surface area contributed by atoms with Crippen LogP contribution >= 0.6 is 0 Å². The van der Waals surface area contributed by atoms with E-state index in [1.165, 1.54) is 6.20 Å². The van der Waals surface area contributed by atoms with Crippen molar-refractivity contribution in [2.45, 2.75) is 45.8 Å². The van der Waals surface area contributed by atoms with Crippen molar-refractivity contribution in [3.05, 3.63) is 58.7 Å². The van der Waals surface area contributed by atoms with E-state index in [0.717, 1.165) is 11.7 Å². The number of hydrogen-bond acceptors (Lipinski definition) is 11. The van der Waals surface area contributed by atoms with Crippen LogP contribution < -0.4 is 16.2 Å². The molecule has 1 saturated heterocycles. The SMILES string of the molecule is COC(=O)Nc1cnc(-c2ccccc2)n(CC(=O)NC(C(=O)c2nnc(C(C)(C)N3CCOCC3)o2)C(C)C)c1=O. The lowest BCUT2D eigenvalue weighted by Crippen LogP contribution is -2.48. The zero-order valence-electron chi connectivity index (χ0n) is 24.2. The summed E-state index contributed by atoms with van der Waals surface area (Å²) in [6, 6.07) is 7.77. The average Bonchev–Trinajstić information content (AvgIpc) is 3.50. The number of methoxy groups -OCH3 is 1. The van der Waals surface area contributed by atoms with Crippen LogP contribution in [0.2, 0.25) is 0 Å². The molecule has 14 nitrogen and oxygen atoms in total. The van der Waals surface area contributed by atoms with Gasteiger partial charge in [0, 0.05) is 18.7 Å². The van der Waals surface area contributed by atoms with E-state index in [0.29, 0.717) is 31.9 Å². The van der Waals surface area contributed by atoms with Crippen molar-refractivity contribution in [1.82, 2.24) is 30.0 Å². The molecule has 1 fully saturated rings. The fourth-order valence-corrected chi connectivity index (χ4v) is 4.56. The van der Waals surface area contributed by atoms with Crippen molar-refractivity contribution in [3.63, 3.8) is 0 Å². The lowest BCUT2D eigenvalue weighted by atomic mass is 9.99. The summed E-state index contributed by atoms with van der Waals surface area (Å²) >= 11 is 0. The normalized spacial score (nSPS) is 14.8. The van der Waals surface area contributed by atoms with Gasteiger partial charge in [0.1, 0.15) is 18.1 Å². The Hall–Kier alpha value is -4.43. The molecule has 4 rings (SSSR count). The summed E-state index contributed by atoms with van der Waals surface area (Å²) in [6.07, 6.45) is 0.334. The fourth-order valence-electron chi connectivity index (χ4n) is 4.56. The molecule has 1 aliphatic rings. The number of nitrogens with zero attached hydrogens (tertiary/aromatic N) is 5. The number of ether oxygens (including phenoxy) is 2. The highest BCUT2D eigenvalue weighted by Crippen LogP contribution is 2.28. The third kappa shape index (κ3) is 6.71. The van der Waals surface area contributed by atoms with E-state index in [2.05, 4.69) is 35.5 Å². The first-order chi connectivity index (χ1) is 20.0. The van der Waals surface area contributed by atoms with Crippen molar-refractivity contribution in [2.75, 3.05) is 38.7 Å². The van der Waals surface area contributed by atoms with Crippen molar-refractivity contribution < 1.29 is 28.3 Å². The van der Waals surface area contributed by atoms with Crippen molar-refractivity contribution in [2.24, 2.45) is 5.92 Å². The van der Waals surface area contributed by atoms with Crippen LogP contribution in [0.3, 0.4) is 0 Å². The highest BCUT2D eigenvalue weighted by molar-refractivity contribution is 5.98. The van der Waals surface area contributed by atoms with Crippen LogP contribution in [0.15, 0.2) is 45.7 Å². The molecule has 0 radical (unpaired) electrons. The molecule has 0 aliphatic carbocycles. The second-order valence-electron chi connectivity index (χ2n) is 10.6. The molecule has 0 bridgehead atoms. The summed E-state index contributed by atoms with van der Waals surface area (Å²) in [5.41, 5.74) is -0.905. The standard InChI is InChI=1S/C28H35N7O7/c1-17(2)21(22(37)24-32-33-26(42-24)28(3,4)34-11-13-41-14-12-34)31-20(36)16-35-23(18-9-7-6-8-10-18)29-15-19(25(35)38)30-27(39)40-5/h6-10,15,17,21H,11-14,16H2,1-5H3,(H,30,39)(H,31,36). The van der Waals surface area contributed by atoms with E-state index in [1.54, 1.807) is 44.2 Å². The smallest absolute Gasteiger partial charge is 0.411 e. The van der Waals surface area contributed by atoms with Gasteiger partial charge < -0.3 is 19.2 Å². The Morgan fingerprint density at radius 2 is 1.79 bits per heavy atom.